The number of rotatable bonds is 5. The molecular formula is C18H30N2O. The van der Waals surface area contributed by atoms with E-state index in [4.69, 9.17) is 4.74 Å². The third-order valence-electron chi connectivity index (χ3n) is 3.82. The molecule has 118 valence electrons. The van der Waals surface area contributed by atoms with Gasteiger partial charge in [-0.15, -0.1) is 0 Å². The Hall–Kier alpha value is -0.900. The molecule has 0 aromatic heterocycles. The molecule has 1 atom stereocenters. The summed E-state index contributed by atoms with van der Waals surface area (Å²) in [5, 5.41) is 3.53. The number of hydrogen-bond acceptors (Lipinski definition) is 3. The Morgan fingerprint density at radius 3 is 2.48 bits per heavy atom. The van der Waals surface area contributed by atoms with Crippen molar-refractivity contribution in [1.29, 1.82) is 0 Å². The average molecular weight is 290 g/mol. The van der Waals surface area contributed by atoms with Gasteiger partial charge >= 0.3 is 0 Å². The fraction of sp³-hybridized carbons (Fsp3) is 0.667. The van der Waals surface area contributed by atoms with E-state index in [-0.39, 0.29) is 5.54 Å². The normalized spacial score (nSPS) is 20.7. The standard InChI is InChI=1S/C18H30N2O/c1-15-13-20(11-12-21-15)14-17-7-5-16(6-8-17)9-10-19-18(2,3)4/h5-8,15,19H,9-14H2,1-4H3. The number of nitrogens with one attached hydrogen (secondary N) is 1. The molecule has 1 saturated heterocycles. The van der Waals surface area contributed by atoms with Crippen molar-refractivity contribution in [2.45, 2.75) is 52.3 Å². The van der Waals surface area contributed by atoms with Crippen LogP contribution in [0.4, 0.5) is 0 Å². The van der Waals surface area contributed by atoms with Gasteiger partial charge in [0.1, 0.15) is 0 Å². The predicted molar refractivity (Wildman–Crippen MR) is 88.6 cm³/mol. The van der Waals surface area contributed by atoms with Crippen molar-refractivity contribution < 1.29 is 4.74 Å². The van der Waals surface area contributed by atoms with Crippen LogP contribution in [0, 0.1) is 0 Å². The van der Waals surface area contributed by atoms with Crippen molar-refractivity contribution in [3.8, 4) is 0 Å². The van der Waals surface area contributed by atoms with Crippen molar-refractivity contribution in [2.24, 2.45) is 0 Å². The van der Waals surface area contributed by atoms with Crippen molar-refractivity contribution in [2.75, 3.05) is 26.2 Å². The molecular weight excluding hydrogens is 260 g/mol. The topological polar surface area (TPSA) is 24.5 Å². The monoisotopic (exact) mass is 290 g/mol. The van der Waals surface area contributed by atoms with Crippen LogP contribution < -0.4 is 5.32 Å². The van der Waals surface area contributed by atoms with E-state index in [9.17, 15) is 0 Å². The van der Waals surface area contributed by atoms with Gasteiger partial charge in [-0.2, -0.15) is 0 Å². The lowest BCUT2D eigenvalue weighted by Crippen LogP contribution is -2.40. The fourth-order valence-corrected chi connectivity index (χ4v) is 2.69. The van der Waals surface area contributed by atoms with Crippen LogP contribution in [0.15, 0.2) is 24.3 Å². The molecule has 0 bridgehead atoms. The van der Waals surface area contributed by atoms with E-state index < -0.39 is 0 Å². The number of hydrogen-bond donors (Lipinski definition) is 1. The maximum Gasteiger partial charge on any atom is 0.0674 e. The van der Waals surface area contributed by atoms with E-state index in [1.165, 1.54) is 11.1 Å². The number of benzene rings is 1. The van der Waals surface area contributed by atoms with Gasteiger partial charge in [0.05, 0.1) is 12.7 Å². The number of morpholine rings is 1. The van der Waals surface area contributed by atoms with E-state index in [2.05, 4.69) is 62.2 Å². The van der Waals surface area contributed by atoms with Crippen LogP contribution >= 0.6 is 0 Å². The predicted octanol–water partition coefficient (Wildman–Crippen LogP) is 2.84. The highest BCUT2D eigenvalue weighted by molar-refractivity contribution is 5.22. The molecule has 1 aliphatic rings. The second-order valence-electron chi connectivity index (χ2n) is 7.16. The van der Waals surface area contributed by atoms with Crippen molar-refractivity contribution >= 4 is 0 Å². The van der Waals surface area contributed by atoms with Crippen molar-refractivity contribution in [3.63, 3.8) is 0 Å². The lowest BCUT2D eigenvalue weighted by Gasteiger charge is -2.31. The zero-order valence-electron chi connectivity index (χ0n) is 14.0. The lowest BCUT2D eigenvalue weighted by atomic mass is 10.1. The molecule has 21 heavy (non-hydrogen) atoms. The van der Waals surface area contributed by atoms with Crippen LogP contribution in [0.25, 0.3) is 0 Å². The summed E-state index contributed by atoms with van der Waals surface area (Å²) in [4.78, 5) is 2.48. The van der Waals surface area contributed by atoms with E-state index in [1.807, 2.05) is 0 Å². The zero-order valence-corrected chi connectivity index (χ0v) is 14.0. The summed E-state index contributed by atoms with van der Waals surface area (Å²) in [6, 6.07) is 9.08. The first-order valence-corrected chi connectivity index (χ1v) is 8.09. The second kappa shape index (κ2) is 7.39. The summed E-state index contributed by atoms with van der Waals surface area (Å²) >= 11 is 0. The van der Waals surface area contributed by atoms with Gasteiger partial charge in [-0.25, -0.2) is 0 Å². The lowest BCUT2D eigenvalue weighted by molar-refractivity contribution is -0.0212. The van der Waals surface area contributed by atoms with Gasteiger partial charge in [0.15, 0.2) is 0 Å². The maximum absolute atomic E-state index is 5.59. The van der Waals surface area contributed by atoms with Crippen LogP contribution in [-0.2, 0) is 17.7 Å². The van der Waals surface area contributed by atoms with Gasteiger partial charge in [0, 0.05) is 25.2 Å². The Kier molecular flexibility index (Phi) is 5.80. The first kappa shape index (κ1) is 16.5. The van der Waals surface area contributed by atoms with Crippen LogP contribution in [-0.4, -0.2) is 42.8 Å². The van der Waals surface area contributed by atoms with Crippen molar-refractivity contribution in [1.82, 2.24) is 10.2 Å². The molecule has 1 aromatic carbocycles. The quantitative estimate of drug-likeness (QED) is 0.902. The largest absolute Gasteiger partial charge is 0.376 e. The van der Waals surface area contributed by atoms with Gasteiger partial charge < -0.3 is 10.1 Å². The van der Waals surface area contributed by atoms with E-state index in [1.54, 1.807) is 0 Å². The first-order chi connectivity index (χ1) is 9.92. The molecule has 2 rings (SSSR count). The summed E-state index contributed by atoms with van der Waals surface area (Å²) in [5.41, 5.74) is 3.01. The third-order valence-corrected chi connectivity index (χ3v) is 3.82. The SMILES string of the molecule is CC1CN(Cc2ccc(CCNC(C)(C)C)cc2)CCO1. The summed E-state index contributed by atoms with van der Waals surface area (Å²) in [7, 11) is 0. The Morgan fingerprint density at radius 1 is 1.19 bits per heavy atom. The number of nitrogens with zero attached hydrogens (tertiary/aromatic N) is 1. The van der Waals surface area contributed by atoms with Crippen molar-refractivity contribution in [3.05, 3.63) is 35.4 Å². The molecule has 0 amide bonds. The molecule has 1 fully saturated rings. The van der Waals surface area contributed by atoms with Gasteiger partial charge in [0.2, 0.25) is 0 Å². The molecule has 3 nitrogen and oxygen atoms in total. The molecule has 1 N–H and O–H groups in total. The molecule has 1 unspecified atom stereocenters. The molecule has 0 aliphatic carbocycles. The average Bonchev–Trinajstić information content (AvgIpc) is 2.39. The minimum Gasteiger partial charge on any atom is -0.376 e. The third kappa shape index (κ3) is 6.16. The van der Waals surface area contributed by atoms with Gasteiger partial charge in [-0.05, 0) is 51.8 Å². The highest BCUT2D eigenvalue weighted by atomic mass is 16.5. The van der Waals surface area contributed by atoms with Gasteiger partial charge in [0.25, 0.3) is 0 Å². The van der Waals surface area contributed by atoms with E-state index in [0.29, 0.717) is 6.10 Å². The first-order valence-electron chi connectivity index (χ1n) is 8.09. The Bertz CT molecular complexity index is 422. The Labute approximate surface area is 129 Å². The van der Waals surface area contributed by atoms with Gasteiger partial charge in [-0.3, -0.25) is 4.90 Å². The smallest absolute Gasteiger partial charge is 0.0674 e. The molecule has 0 spiro atoms. The zero-order chi connectivity index (χ0) is 15.3. The van der Waals surface area contributed by atoms with Crippen LogP contribution in [0.5, 0.6) is 0 Å². The summed E-state index contributed by atoms with van der Waals surface area (Å²) in [6.45, 7) is 13.8. The molecule has 0 saturated carbocycles. The summed E-state index contributed by atoms with van der Waals surface area (Å²) in [6.07, 6.45) is 1.45. The van der Waals surface area contributed by atoms with Gasteiger partial charge in [-0.1, -0.05) is 24.3 Å². The summed E-state index contributed by atoms with van der Waals surface area (Å²) in [5.74, 6) is 0. The molecule has 0 radical (unpaired) electrons. The maximum atomic E-state index is 5.59. The minimum absolute atomic E-state index is 0.201. The molecule has 1 heterocycles. The Balaban J connectivity index is 1.79. The van der Waals surface area contributed by atoms with E-state index in [0.717, 1.165) is 39.2 Å². The second-order valence-corrected chi connectivity index (χ2v) is 7.16. The Morgan fingerprint density at radius 2 is 1.86 bits per heavy atom. The minimum atomic E-state index is 0.201. The molecule has 1 aliphatic heterocycles. The molecule has 3 heteroatoms. The fourth-order valence-electron chi connectivity index (χ4n) is 2.69. The van der Waals surface area contributed by atoms with Crippen LogP contribution in [0.3, 0.4) is 0 Å². The van der Waals surface area contributed by atoms with E-state index >= 15 is 0 Å². The van der Waals surface area contributed by atoms with Crippen LogP contribution in [0.1, 0.15) is 38.8 Å². The molecule has 1 aromatic rings. The highest BCUT2D eigenvalue weighted by Gasteiger charge is 2.16. The van der Waals surface area contributed by atoms with Crippen LogP contribution in [0.2, 0.25) is 0 Å². The number of ether oxygens (including phenoxy) is 1. The summed E-state index contributed by atoms with van der Waals surface area (Å²) < 4.78 is 5.59. The highest BCUT2D eigenvalue weighted by Crippen LogP contribution is 2.12.